The van der Waals surface area contributed by atoms with E-state index in [0.717, 1.165) is 75.0 Å². The van der Waals surface area contributed by atoms with Crippen molar-refractivity contribution in [3.05, 3.63) is 108 Å². The molecule has 6 aromatic rings. The van der Waals surface area contributed by atoms with Crippen LogP contribution < -0.4 is 16.1 Å². The average molecular weight is 828 g/mol. The number of hydrogen-bond donors (Lipinski definition) is 5. The molecule has 3 amide bonds. The molecule has 2 aliphatic heterocycles. The topological polar surface area (TPSA) is 179 Å². The summed E-state index contributed by atoms with van der Waals surface area (Å²) in [4.78, 5) is 57.2. The first-order chi connectivity index (χ1) is 29.6. The number of imidazole rings is 2. The quantitative estimate of drug-likeness (QED) is 0.0738. The zero-order chi connectivity index (χ0) is 42.6. The van der Waals surface area contributed by atoms with Gasteiger partial charge in [0.15, 0.2) is 0 Å². The molecule has 5 atom stereocenters. The SMILES string of the molecule is COC[C@H]1C[C@@H](c2nc3c(ccc4cc(-c5ccc(-c6cnc([C@@H]7CCCN7N[C@H](NC(=O)OC)c7ccccc7)[nH]6)cc5)ccc43)[nH]2)N(C(=O)[C@@H](NC(=O)OC)C(C)C)C1. The molecule has 0 saturated carbocycles. The van der Waals surface area contributed by atoms with Crippen LogP contribution in [0.25, 0.3) is 44.2 Å². The highest BCUT2D eigenvalue weighted by atomic mass is 16.5. The van der Waals surface area contributed by atoms with Crippen LogP contribution in [-0.2, 0) is 19.0 Å². The zero-order valence-corrected chi connectivity index (χ0v) is 35.1. The van der Waals surface area contributed by atoms with E-state index in [1.807, 2.05) is 61.3 Å². The molecule has 318 valence electrons. The number of aromatic nitrogens is 4. The predicted molar refractivity (Wildman–Crippen MR) is 232 cm³/mol. The summed E-state index contributed by atoms with van der Waals surface area (Å²) in [5.41, 5.74) is 10.2. The fourth-order valence-corrected chi connectivity index (χ4v) is 8.70. The Morgan fingerprint density at radius 2 is 1.57 bits per heavy atom. The molecule has 61 heavy (non-hydrogen) atoms. The summed E-state index contributed by atoms with van der Waals surface area (Å²) < 4.78 is 15.2. The van der Waals surface area contributed by atoms with Crippen LogP contribution in [0.1, 0.15) is 68.6 Å². The molecule has 4 aromatic carbocycles. The highest BCUT2D eigenvalue weighted by Crippen LogP contribution is 2.38. The summed E-state index contributed by atoms with van der Waals surface area (Å²) in [5.74, 6) is 1.37. The number of amides is 3. The van der Waals surface area contributed by atoms with Crippen molar-refractivity contribution in [2.24, 2.45) is 11.8 Å². The smallest absolute Gasteiger partial charge is 0.408 e. The average Bonchev–Trinajstić information content (AvgIpc) is 4.12. The van der Waals surface area contributed by atoms with E-state index < -0.39 is 24.4 Å². The Labute approximate surface area is 354 Å². The van der Waals surface area contributed by atoms with E-state index in [2.05, 4.69) is 79.6 Å². The molecule has 15 nitrogen and oxygen atoms in total. The van der Waals surface area contributed by atoms with Gasteiger partial charge in [0.2, 0.25) is 5.91 Å². The summed E-state index contributed by atoms with van der Waals surface area (Å²) in [7, 11) is 4.32. The highest BCUT2D eigenvalue weighted by Gasteiger charge is 2.41. The van der Waals surface area contributed by atoms with Gasteiger partial charge in [0, 0.05) is 31.5 Å². The van der Waals surface area contributed by atoms with Crippen LogP contribution in [0.3, 0.4) is 0 Å². The second-order valence-corrected chi connectivity index (χ2v) is 16.2. The normalized spacial score (nSPS) is 19.0. The van der Waals surface area contributed by atoms with Crippen molar-refractivity contribution in [3.8, 4) is 22.4 Å². The van der Waals surface area contributed by atoms with E-state index in [1.54, 1.807) is 7.11 Å². The first-order valence-corrected chi connectivity index (χ1v) is 20.8. The van der Waals surface area contributed by atoms with Gasteiger partial charge in [-0.25, -0.2) is 30.0 Å². The number of alkyl carbamates (subject to hydrolysis) is 2. The maximum Gasteiger partial charge on any atom is 0.408 e. The van der Waals surface area contributed by atoms with Crippen molar-refractivity contribution < 1.29 is 28.6 Å². The monoisotopic (exact) mass is 827 g/mol. The molecule has 2 aromatic heterocycles. The van der Waals surface area contributed by atoms with E-state index in [0.29, 0.717) is 25.4 Å². The van der Waals surface area contributed by atoms with E-state index in [1.165, 1.54) is 14.2 Å². The first-order valence-electron chi connectivity index (χ1n) is 20.8. The Morgan fingerprint density at radius 1 is 0.836 bits per heavy atom. The van der Waals surface area contributed by atoms with Gasteiger partial charge in [-0.15, -0.1) is 0 Å². The highest BCUT2D eigenvalue weighted by molar-refractivity contribution is 6.05. The number of methoxy groups -OCH3 is 3. The number of hydrogen-bond acceptors (Lipinski definition) is 10. The number of carbonyl (C=O) groups excluding carboxylic acids is 3. The van der Waals surface area contributed by atoms with Gasteiger partial charge in [-0.3, -0.25) is 4.79 Å². The minimum atomic E-state index is -0.741. The zero-order valence-electron chi connectivity index (χ0n) is 35.1. The summed E-state index contributed by atoms with van der Waals surface area (Å²) in [5, 5.41) is 9.83. The number of H-pyrrole nitrogens is 2. The number of rotatable bonds is 13. The Balaban J connectivity index is 0.989. The van der Waals surface area contributed by atoms with E-state index in [4.69, 9.17) is 24.2 Å². The van der Waals surface area contributed by atoms with Gasteiger partial charge < -0.3 is 39.7 Å². The van der Waals surface area contributed by atoms with Gasteiger partial charge >= 0.3 is 12.2 Å². The van der Waals surface area contributed by atoms with Crippen molar-refractivity contribution in [2.45, 2.75) is 57.4 Å². The van der Waals surface area contributed by atoms with Crippen LogP contribution in [0.2, 0.25) is 0 Å². The van der Waals surface area contributed by atoms with Gasteiger partial charge in [0.05, 0.1) is 55.8 Å². The molecule has 4 heterocycles. The number of carbonyl (C=O) groups is 3. The lowest BCUT2D eigenvalue weighted by Crippen LogP contribution is -2.51. The molecule has 5 N–H and O–H groups in total. The summed E-state index contributed by atoms with van der Waals surface area (Å²) >= 11 is 0. The number of nitrogens with one attached hydrogen (secondary N) is 5. The van der Waals surface area contributed by atoms with Crippen molar-refractivity contribution in [1.29, 1.82) is 0 Å². The number of likely N-dealkylation sites (tertiary alicyclic amines) is 1. The molecule has 0 spiro atoms. The van der Waals surface area contributed by atoms with Crippen molar-refractivity contribution >= 4 is 39.9 Å². The van der Waals surface area contributed by atoms with Gasteiger partial charge in [-0.1, -0.05) is 86.6 Å². The van der Waals surface area contributed by atoms with Crippen LogP contribution in [-0.4, -0.2) is 95.0 Å². The number of nitrogens with zero attached hydrogens (tertiary/aromatic N) is 4. The molecule has 8 rings (SSSR count). The molecule has 2 saturated heterocycles. The Bertz CT molecular complexity index is 2490. The molecule has 2 fully saturated rings. The molecule has 0 radical (unpaired) electrons. The van der Waals surface area contributed by atoms with Crippen LogP contribution in [0.4, 0.5) is 9.59 Å². The molecule has 0 bridgehead atoms. The summed E-state index contributed by atoms with van der Waals surface area (Å²) in [6, 6.07) is 27.7. The lowest BCUT2D eigenvalue weighted by atomic mass is 9.99. The first kappa shape index (κ1) is 41.4. The number of ether oxygens (including phenoxy) is 3. The molecular formula is C46H53N9O6. The largest absolute Gasteiger partial charge is 0.453 e. The number of benzene rings is 4. The summed E-state index contributed by atoms with van der Waals surface area (Å²) in [6.07, 6.45) is 2.83. The number of aromatic amines is 2. The minimum Gasteiger partial charge on any atom is -0.453 e. The molecule has 2 aliphatic rings. The third-order valence-electron chi connectivity index (χ3n) is 11.8. The maximum absolute atomic E-state index is 14.0. The summed E-state index contributed by atoms with van der Waals surface area (Å²) in [6.45, 7) is 5.62. The Hall–Kier alpha value is -6.29. The third-order valence-corrected chi connectivity index (χ3v) is 11.8. The lowest BCUT2D eigenvalue weighted by Gasteiger charge is -2.30. The molecule has 0 aliphatic carbocycles. The van der Waals surface area contributed by atoms with E-state index in [9.17, 15) is 14.4 Å². The van der Waals surface area contributed by atoms with Crippen molar-refractivity contribution in [3.63, 3.8) is 0 Å². The molecule has 0 unspecified atom stereocenters. The van der Waals surface area contributed by atoms with Crippen LogP contribution in [0, 0.1) is 11.8 Å². The van der Waals surface area contributed by atoms with E-state index >= 15 is 0 Å². The van der Waals surface area contributed by atoms with Crippen molar-refractivity contribution in [2.75, 3.05) is 41.0 Å². The van der Waals surface area contributed by atoms with E-state index in [-0.39, 0.29) is 29.8 Å². The fourth-order valence-electron chi connectivity index (χ4n) is 8.70. The third kappa shape index (κ3) is 8.81. The number of hydrazine groups is 1. The van der Waals surface area contributed by atoms with Gasteiger partial charge in [-0.2, -0.15) is 0 Å². The standard InChI is InChI=1S/C46H53N9O6/c1-27(2)39(51-45(57)60-4)44(56)54-25-28(26-59-3)22-38(54)43-48-35-20-18-33-23-32(17-19-34(33)40(35)50-43)29-13-15-30(16-14-29)36-24-47-42(49-36)37-12-9-21-55(37)53-41(52-46(58)61-5)31-10-7-6-8-11-31/h6-8,10-11,13-20,23-24,27-28,37-39,41,53H,9,12,21-22,25-26H2,1-5H3,(H,47,49)(H,48,50)(H,51,57)(H,52,58)/t28-,37-,38-,39-,41-/m0/s1. The Morgan fingerprint density at radius 3 is 2.31 bits per heavy atom. The second-order valence-electron chi connectivity index (χ2n) is 16.2. The lowest BCUT2D eigenvalue weighted by molar-refractivity contribution is -0.135. The fraction of sp³-hybridized carbons (Fsp3) is 0.370. The maximum atomic E-state index is 14.0. The van der Waals surface area contributed by atoms with Crippen molar-refractivity contribution in [1.82, 2.24) is 45.9 Å². The second kappa shape index (κ2) is 18.1. The van der Waals surface area contributed by atoms with Crippen LogP contribution in [0.5, 0.6) is 0 Å². The van der Waals surface area contributed by atoms with Gasteiger partial charge in [-0.05, 0) is 65.0 Å². The van der Waals surface area contributed by atoms with Crippen LogP contribution in [0.15, 0.2) is 91.1 Å². The predicted octanol–water partition coefficient (Wildman–Crippen LogP) is 7.39. The minimum absolute atomic E-state index is 0.00641. The number of fused-ring (bicyclic) bond motifs is 3. The molecular weight excluding hydrogens is 775 g/mol. The van der Waals surface area contributed by atoms with Gasteiger partial charge in [0.1, 0.15) is 23.9 Å². The molecule has 15 heteroatoms. The van der Waals surface area contributed by atoms with Gasteiger partial charge in [0.25, 0.3) is 0 Å². The Kier molecular flexibility index (Phi) is 12.3. The van der Waals surface area contributed by atoms with Crippen LogP contribution >= 0.6 is 0 Å².